The van der Waals surface area contributed by atoms with E-state index in [1.165, 1.54) is 5.56 Å². The number of benzene rings is 1. The van der Waals surface area contributed by atoms with Gasteiger partial charge in [-0.25, -0.2) is 4.98 Å². The first-order valence-corrected chi connectivity index (χ1v) is 6.68. The van der Waals surface area contributed by atoms with E-state index < -0.39 is 0 Å². The van der Waals surface area contributed by atoms with Crippen LogP contribution in [0.3, 0.4) is 0 Å². The average Bonchev–Trinajstić information content (AvgIpc) is 2.80. The molecule has 0 aliphatic carbocycles. The van der Waals surface area contributed by atoms with Gasteiger partial charge >= 0.3 is 0 Å². The standard InChI is InChI=1S/C13H14ClNOS/c1-9(8-16)12-7-15-13(17-12)6-10-2-4-11(14)5-3-10/h2-5,7,9,16H,6,8H2,1H3. The van der Waals surface area contributed by atoms with E-state index in [2.05, 4.69) is 4.98 Å². The highest BCUT2D eigenvalue weighted by molar-refractivity contribution is 7.11. The Morgan fingerprint density at radius 2 is 2.06 bits per heavy atom. The molecule has 0 amide bonds. The highest BCUT2D eigenvalue weighted by atomic mass is 35.5. The van der Waals surface area contributed by atoms with Gasteiger partial charge in [0.2, 0.25) is 0 Å². The monoisotopic (exact) mass is 267 g/mol. The molecule has 1 atom stereocenters. The second-order valence-electron chi connectivity index (χ2n) is 4.04. The Labute approximate surface area is 110 Å². The minimum Gasteiger partial charge on any atom is -0.396 e. The summed E-state index contributed by atoms with van der Waals surface area (Å²) in [5, 5.41) is 10.9. The zero-order valence-electron chi connectivity index (χ0n) is 9.56. The van der Waals surface area contributed by atoms with Gasteiger partial charge in [0.25, 0.3) is 0 Å². The molecule has 1 N–H and O–H groups in total. The van der Waals surface area contributed by atoms with Gasteiger partial charge in [0.15, 0.2) is 0 Å². The topological polar surface area (TPSA) is 33.1 Å². The third-order valence-electron chi connectivity index (χ3n) is 2.60. The normalized spacial score (nSPS) is 12.6. The maximum Gasteiger partial charge on any atom is 0.0971 e. The third kappa shape index (κ3) is 3.28. The van der Waals surface area contributed by atoms with Crippen molar-refractivity contribution in [3.63, 3.8) is 0 Å². The molecule has 1 unspecified atom stereocenters. The van der Waals surface area contributed by atoms with Gasteiger partial charge in [0, 0.05) is 28.4 Å². The number of hydrogen-bond donors (Lipinski definition) is 1. The summed E-state index contributed by atoms with van der Waals surface area (Å²) in [4.78, 5) is 5.51. The number of aromatic nitrogens is 1. The quantitative estimate of drug-likeness (QED) is 0.920. The smallest absolute Gasteiger partial charge is 0.0971 e. The maximum atomic E-state index is 9.08. The highest BCUT2D eigenvalue weighted by Crippen LogP contribution is 2.24. The first kappa shape index (κ1) is 12.6. The Morgan fingerprint density at radius 1 is 1.35 bits per heavy atom. The van der Waals surface area contributed by atoms with Gasteiger partial charge in [-0.2, -0.15) is 0 Å². The largest absolute Gasteiger partial charge is 0.396 e. The van der Waals surface area contributed by atoms with E-state index in [9.17, 15) is 0 Å². The summed E-state index contributed by atoms with van der Waals surface area (Å²) in [5.41, 5.74) is 1.20. The molecule has 0 saturated heterocycles. The molecular formula is C13H14ClNOS. The van der Waals surface area contributed by atoms with E-state index in [0.717, 1.165) is 21.3 Å². The molecule has 17 heavy (non-hydrogen) atoms. The fourth-order valence-corrected chi connectivity index (χ4v) is 2.62. The van der Waals surface area contributed by atoms with Crippen LogP contribution >= 0.6 is 22.9 Å². The first-order chi connectivity index (χ1) is 8.19. The summed E-state index contributed by atoms with van der Waals surface area (Å²) < 4.78 is 0. The first-order valence-electron chi connectivity index (χ1n) is 5.49. The molecule has 0 aliphatic rings. The van der Waals surface area contributed by atoms with Crippen molar-refractivity contribution in [1.29, 1.82) is 0 Å². The fraction of sp³-hybridized carbons (Fsp3) is 0.308. The Balaban J connectivity index is 2.08. The lowest BCUT2D eigenvalue weighted by Gasteiger charge is -2.01. The molecular weight excluding hydrogens is 254 g/mol. The lowest BCUT2D eigenvalue weighted by atomic mass is 10.2. The van der Waals surface area contributed by atoms with Crippen LogP contribution in [-0.2, 0) is 6.42 Å². The molecule has 0 saturated carbocycles. The molecule has 2 aromatic rings. The minimum absolute atomic E-state index is 0.169. The molecule has 1 aromatic heterocycles. The van der Waals surface area contributed by atoms with Crippen molar-refractivity contribution in [3.05, 3.63) is 50.9 Å². The highest BCUT2D eigenvalue weighted by Gasteiger charge is 2.09. The third-order valence-corrected chi connectivity index (χ3v) is 4.08. The van der Waals surface area contributed by atoms with Gasteiger partial charge in [-0.1, -0.05) is 30.7 Å². The van der Waals surface area contributed by atoms with Crippen LogP contribution in [-0.4, -0.2) is 16.7 Å². The van der Waals surface area contributed by atoms with Crippen LogP contribution in [0.2, 0.25) is 5.02 Å². The Morgan fingerprint density at radius 3 is 2.71 bits per heavy atom. The van der Waals surface area contributed by atoms with Crippen LogP contribution in [0, 0.1) is 0 Å². The zero-order valence-corrected chi connectivity index (χ0v) is 11.1. The van der Waals surface area contributed by atoms with Crippen molar-refractivity contribution in [1.82, 2.24) is 4.98 Å². The molecule has 1 heterocycles. The molecule has 90 valence electrons. The number of thiazole rings is 1. The SMILES string of the molecule is CC(CO)c1cnc(Cc2ccc(Cl)cc2)s1. The Kier molecular flexibility index (Phi) is 4.15. The number of nitrogens with zero attached hydrogens (tertiary/aromatic N) is 1. The lowest BCUT2D eigenvalue weighted by molar-refractivity contribution is 0.274. The van der Waals surface area contributed by atoms with E-state index in [-0.39, 0.29) is 12.5 Å². The number of hydrogen-bond acceptors (Lipinski definition) is 3. The van der Waals surface area contributed by atoms with Gasteiger partial charge in [-0.15, -0.1) is 11.3 Å². The van der Waals surface area contributed by atoms with E-state index in [1.807, 2.05) is 37.4 Å². The predicted molar refractivity (Wildman–Crippen MR) is 71.9 cm³/mol. The molecule has 1 aromatic carbocycles. The van der Waals surface area contributed by atoms with E-state index in [0.29, 0.717) is 0 Å². The fourth-order valence-electron chi connectivity index (χ4n) is 1.50. The Hall–Kier alpha value is -0.900. The lowest BCUT2D eigenvalue weighted by Crippen LogP contribution is -1.94. The Bertz CT molecular complexity index is 480. The molecule has 0 aliphatic heterocycles. The van der Waals surface area contributed by atoms with Gasteiger partial charge in [0.05, 0.1) is 11.6 Å². The summed E-state index contributed by atoms with van der Waals surface area (Å²) in [7, 11) is 0. The van der Waals surface area contributed by atoms with Crippen LogP contribution < -0.4 is 0 Å². The van der Waals surface area contributed by atoms with Crippen LogP contribution in [0.15, 0.2) is 30.5 Å². The average molecular weight is 268 g/mol. The van der Waals surface area contributed by atoms with E-state index >= 15 is 0 Å². The van der Waals surface area contributed by atoms with Crippen LogP contribution in [0.4, 0.5) is 0 Å². The summed E-state index contributed by atoms with van der Waals surface area (Å²) >= 11 is 7.50. The van der Waals surface area contributed by atoms with Crippen molar-refractivity contribution in [2.24, 2.45) is 0 Å². The summed E-state index contributed by atoms with van der Waals surface area (Å²) in [6, 6.07) is 7.81. The van der Waals surface area contributed by atoms with Crippen molar-refractivity contribution in [2.75, 3.05) is 6.61 Å². The molecule has 0 spiro atoms. The molecule has 2 rings (SSSR count). The number of rotatable bonds is 4. The second kappa shape index (κ2) is 5.63. The summed E-state index contributed by atoms with van der Waals surface area (Å²) in [6.45, 7) is 2.17. The van der Waals surface area contributed by atoms with Crippen LogP contribution in [0.25, 0.3) is 0 Å². The van der Waals surface area contributed by atoms with Crippen molar-refractivity contribution < 1.29 is 5.11 Å². The van der Waals surface area contributed by atoms with Gasteiger partial charge < -0.3 is 5.11 Å². The number of aliphatic hydroxyl groups is 1. The minimum atomic E-state index is 0.169. The zero-order chi connectivity index (χ0) is 12.3. The molecule has 0 fully saturated rings. The molecule has 0 radical (unpaired) electrons. The van der Waals surface area contributed by atoms with Crippen molar-refractivity contribution >= 4 is 22.9 Å². The number of aliphatic hydroxyl groups excluding tert-OH is 1. The van der Waals surface area contributed by atoms with Gasteiger partial charge in [-0.05, 0) is 17.7 Å². The predicted octanol–water partition coefficient (Wildman–Crippen LogP) is 3.48. The van der Waals surface area contributed by atoms with Gasteiger partial charge in [0.1, 0.15) is 0 Å². The molecule has 0 bridgehead atoms. The summed E-state index contributed by atoms with van der Waals surface area (Å²) in [5.74, 6) is 0.173. The van der Waals surface area contributed by atoms with Crippen molar-refractivity contribution in [2.45, 2.75) is 19.3 Å². The van der Waals surface area contributed by atoms with E-state index in [1.54, 1.807) is 11.3 Å². The van der Waals surface area contributed by atoms with Crippen molar-refractivity contribution in [3.8, 4) is 0 Å². The maximum absolute atomic E-state index is 9.08. The molecule has 4 heteroatoms. The van der Waals surface area contributed by atoms with Gasteiger partial charge in [-0.3, -0.25) is 0 Å². The van der Waals surface area contributed by atoms with Crippen LogP contribution in [0.5, 0.6) is 0 Å². The summed E-state index contributed by atoms with van der Waals surface area (Å²) in [6.07, 6.45) is 2.68. The molecule has 2 nitrogen and oxygen atoms in total. The van der Waals surface area contributed by atoms with Crippen LogP contribution in [0.1, 0.15) is 28.3 Å². The second-order valence-corrected chi connectivity index (χ2v) is 5.63. The number of halogens is 1. The van der Waals surface area contributed by atoms with E-state index in [4.69, 9.17) is 16.7 Å².